The predicted molar refractivity (Wildman–Crippen MR) is 131 cm³/mol. The van der Waals surface area contributed by atoms with Crippen LogP contribution in [0.4, 0.5) is 0 Å². The Balaban J connectivity index is 1.71. The highest BCUT2D eigenvalue weighted by Gasteiger charge is 2.14. The zero-order valence-electron chi connectivity index (χ0n) is 18.3. The summed E-state index contributed by atoms with van der Waals surface area (Å²) in [5.41, 5.74) is 11.9. The lowest BCUT2D eigenvalue weighted by molar-refractivity contribution is 0.371. The molecule has 2 aromatic heterocycles. The standard InChI is InChI=1S/C25H23N7O/c1-30-23-15-21(16-7-4-3-5-8-16)28-32(23)22-14-18(11-12-20(22)25(30)33)17-9-6-10-19(13-17)24(26)29-31(2)27/h3-15H,27H2,1-2H3,(H2,26,29). The van der Waals surface area contributed by atoms with E-state index in [1.807, 2.05) is 83.4 Å². The Morgan fingerprint density at radius 3 is 2.42 bits per heavy atom. The van der Waals surface area contributed by atoms with Crippen LogP contribution in [0.5, 0.6) is 0 Å². The van der Waals surface area contributed by atoms with Gasteiger partial charge in [0.15, 0.2) is 5.84 Å². The zero-order chi connectivity index (χ0) is 23.1. The minimum absolute atomic E-state index is 0.0697. The van der Waals surface area contributed by atoms with E-state index < -0.39 is 0 Å². The number of amidine groups is 1. The Kier molecular flexibility index (Phi) is 4.91. The molecule has 0 aliphatic rings. The van der Waals surface area contributed by atoms with Crippen molar-refractivity contribution < 1.29 is 0 Å². The topological polar surface area (TPSA) is 107 Å². The van der Waals surface area contributed by atoms with Crippen LogP contribution in [0.25, 0.3) is 38.9 Å². The Morgan fingerprint density at radius 1 is 0.939 bits per heavy atom. The third kappa shape index (κ3) is 3.62. The van der Waals surface area contributed by atoms with Crippen LogP contribution in [0.1, 0.15) is 5.56 Å². The van der Waals surface area contributed by atoms with Gasteiger partial charge in [0.2, 0.25) is 0 Å². The van der Waals surface area contributed by atoms with Gasteiger partial charge in [0, 0.05) is 31.3 Å². The summed E-state index contributed by atoms with van der Waals surface area (Å²) in [5, 5.41) is 10.7. The summed E-state index contributed by atoms with van der Waals surface area (Å²) < 4.78 is 3.45. The Bertz CT molecular complexity index is 1580. The molecule has 0 radical (unpaired) electrons. The molecule has 164 valence electrons. The number of fused-ring (bicyclic) bond motifs is 3. The van der Waals surface area contributed by atoms with E-state index in [2.05, 4.69) is 5.10 Å². The third-order valence-corrected chi connectivity index (χ3v) is 5.62. The van der Waals surface area contributed by atoms with E-state index in [1.165, 1.54) is 5.12 Å². The lowest BCUT2D eigenvalue weighted by Gasteiger charge is -2.10. The Labute approximate surface area is 189 Å². The summed E-state index contributed by atoms with van der Waals surface area (Å²) in [6, 6.07) is 25.3. The van der Waals surface area contributed by atoms with Gasteiger partial charge >= 0.3 is 0 Å². The van der Waals surface area contributed by atoms with E-state index in [9.17, 15) is 4.79 Å². The molecule has 5 aromatic rings. The zero-order valence-corrected chi connectivity index (χ0v) is 18.3. The highest BCUT2D eigenvalue weighted by molar-refractivity contribution is 5.98. The molecule has 0 unspecified atom stereocenters. The quantitative estimate of drug-likeness (QED) is 0.195. The van der Waals surface area contributed by atoms with Gasteiger partial charge in [-0.1, -0.05) is 54.6 Å². The molecule has 4 N–H and O–H groups in total. The molecule has 0 bridgehead atoms. The first kappa shape index (κ1) is 20.5. The Morgan fingerprint density at radius 2 is 1.67 bits per heavy atom. The van der Waals surface area contributed by atoms with Crippen LogP contribution >= 0.6 is 0 Å². The van der Waals surface area contributed by atoms with E-state index in [0.717, 1.165) is 39.1 Å². The summed E-state index contributed by atoms with van der Waals surface area (Å²) in [4.78, 5) is 13.1. The molecule has 0 fully saturated rings. The van der Waals surface area contributed by atoms with Crippen molar-refractivity contribution in [2.75, 3.05) is 7.05 Å². The van der Waals surface area contributed by atoms with Gasteiger partial charge in [-0.05, 0) is 29.3 Å². The van der Waals surface area contributed by atoms with Gasteiger partial charge in [0.25, 0.3) is 5.56 Å². The molecule has 8 heteroatoms. The number of hydrazone groups is 1. The van der Waals surface area contributed by atoms with Gasteiger partial charge in [-0.25, -0.2) is 15.5 Å². The summed E-state index contributed by atoms with van der Waals surface area (Å²) in [5.74, 6) is 5.91. The van der Waals surface area contributed by atoms with Crippen molar-refractivity contribution in [3.05, 3.63) is 94.8 Å². The minimum atomic E-state index is -0.0697. The van der Waals surface area contributed by atoms with E-state index in [4.69, 9.17) is 16.7 Å². The fourth-order valence-electron chi connectivity index (χ4n) is 3.98. The van der Waals surface area contributed by atoms with E-state index in [0.29, 0.717) is 11.2 Å². The molecule has 0 saturated carbocycles. The number of nitrogens with two attached hydrogens (primary N) is 2. The van der Waals surface area contributed by atoms with Crippen LogP contribution in [0.15, 0.2) is 88.8 Å². The molecular weight excluding hydrogens is 414 g/mol. The summed E-state index contributed by atoms with van der Waals surface area (Å²) in [6.07, 6.45) is 0. The first-order chi connectivity index (χ1) is 15.9. The van der Waals surface area contributed by atoms with Crippen molar-refractivity contribution >= 4 is 22.4 Å². The monoisotopic (exact) mass is 437 g/mol. The number of benzene rings is 3. The van der Waals surface area contributed by atoms with E-state index >= 15 is 0 Å². The molecular formula is C25H23N7O. The maximum Gasteiger partial charge on any atom is 0.261 e. The molecule has 0 amide bonds. The van der Waals surface area contributed by atoms with Crippen molar-refractivity contribution in [3.63, 3.8) is 0 Å². The van der Waals surface area contributed by atoms with Gasteiger partial charge < -0.3 is 5.73 Å². The molecule has 0 aliphatic carbocycles. The number of rotatable bonds is 4. The number of hydrazine groups is 1. The van der Waals surface area contributed by atoms with Crippen molar-refractivity contribution in [1.82, 2.24) is 19.3 Å². The van der Waals surface area contributed by atoms with Crippen LogP contribution in [0, 0.1) is 0 Å². The van der Waals surface area contributed by atoms with Crippen molar-refractivity contribution in [2.24, 2.45) is 23.7 Å². The van der Waals surface area contributed by atoms with Crippen molar-refractivity contribution in [2.45, 2.75) is 0 Å². The first-order valence-corrected chi connectivity index (χ1v) is 10.4. The average molecular weight is 438 g/mol. The molecule has 33 heavy (non-hydrogen) atoms. The summed E-state index contributed by atoms with van der Waals surface area (Å²) in [6.45, 7) is 0. The van der Waals surface area contributed by atoms with E-state index in [-0.39, 0.29) is 5.56 Å². The molecule has 0 aliphatic heterocycles. The lowest BCUT2D eigenvalue weighted by atomic mass is 10.0. The number of nitrogens with zero attached hydrogens (tertiary/aromatic N) is 5. The fourth-order valence-corrected chi connectivity index (χ4v) is 3.98. The second-order valence-corrected chi connectivity index (χ2v) is 7.90. The Hall–Kier alpha value is -4.43. The molecule has 0 saturated heterocycles. The average Bonchev–Trinajstić information content (AvgIpc) is 3.28. The second kappa shape index (κ2) is 7.92. The molecule has 3 aromatic carbocycles. The maximum atomic E-state index is 13.1. The SMILES string of the molecule is CN(N)/N=C(\N)c1cccc(-c2ccc3c(=O)n(C)c4cc(-c5ccccc5)nn4c3c2)c1. The molecule has 0 spiro atoms. The number of hydrogen-bond donors (Lipinski definition) is 2. The first-order valence-electron chi connectivity index (χ1n) is 10.4. The number of aryl methyl sites for hydroxylation is 1. The third-order valence-electron chi connectivity index (χ3n) is 5.62. The molecule has 8 nitrogen and oxygen atoms in total. The highest BCUT2D eigenvalue weighted by Crippen LogP contribution is 2.26. The minimum Gasteiger partial charge on any atom is -0.382 e. The highest BCUT2D eigenvalue weighted by atomic mass is 16.1. The molecule has 2 heterocycles. The second-order valence-electron chi connectivity index (χ2n) is 7.90. The largest absolute Gasteiger partial charge is 0.382 e. The van der Waals surface area contributed by atoms with Gasteiger partial charge in [-0.2, -0.15) is 5.10 Å². The van der Waals surface area contributed by atoms with Crippen molar-refractivity contribution in [3.8, 4) is 22.4 Å². The predicted octanol–water partition coefficient (Wildman–Crippen LogP) is 2.95. The van der Waals surface area contributed by atoms with E-state index in [1.54, 1.807) is 18.7 Å². The molecule has 0 atom stereocenters. The maximum absolute atomic E-state index is 13.1. The van der Waals surface area contributed by atoms with Crippen LogP contribution in [-0.2, 0) is 7.05 Å². The smallest absolute Gasteiger partial charge is 0.261 e. The number of hydrogen-bond acceptors (Lipinski definition) is 5. The summed E-state index contributed by atoms with van der Waals surface area (Å²) >= 11 is 0. The van der Waals surface area contributed by atoms with Gasteiger partial charge in [-0.15, -0.1) is 5.10 Å². The van der Waals surface area contributed by atoms with Gasteiger partial charge in [-0.3, -0.25) is 9.36 Å². The lowest BCUT2D eigenvalue weighted by Crippen LogP contribution is -2.25. The van der Waals surface area contributed by atoms with Crippen LogP contribution < -0.4 is 17.1 Å². The van der Waals surface area contributed by atoms with Crippen LogP contribution in [-0.4, -0.2) is 32.2 Å². The summed E-state index contributed by atoms with van der Waals surface area (Å²) in [7, 11) is 3.38. The van der Waals surface area contributed by atoms with Gasteiger partial charge in [0.05, 0.1) is 16.6 Å². The van der Waals surface area contributed by atoms with Crippen LogP contribution in [0.2, 0.25) is 0 Å². The van der Waals surface area contributed by atoms with Crippen molar-refractivity contribution in [1.29, 1.82) is 0 Å². The number of aromatic nitrogens is 3. The normalized spacial score (nSPS) is 11.9. The van der Waals surface area contributed by atoms with Crippen LogP contribution in [0.3, 0.4) is 0 Å². The van der Waals surface area contributed by atoms with Gasteiger partial charge in [0.1, 0.15) is 5.65 Å². The molecule has 5 rings (SSSR count). The fraction of sp³-hybridized carbons (Fsp3) is 0.0800.